The van der Waals surface area contributed by atoms with Gasteiger partial charge in [0, 0.05) is 59.1 Å². The summed E-state index contributed by atoms with van der Waals surface area (Å²) in [4.78, 5) is 30.9. The highest BCUT2D eigenvalue weighted by Crippen LogP contribution is 2.42. The van der Waals surface area contributed by atoms with E-state index in [0.29, 0.717) is 23.9 Å². The fourth-order valence-corrected chi connectivity index (χ4v) is 6.14. The topological polar surface area (TPSA) is 71.5 Å². The molecule has 0 radical (unpaired) electrons. The third kappa shape index (κ3) is 4.30. The molecule has 2 aliphatic heterocycles. The van der Waals surface area contributed by atoms with Crippen molar-refractivity contribution in [2.75, 3.05) is 13.1 Å². The molecular formula is C25H25ClFN3O3S. The van der Waals surface area contributed by atoms with E-state index in [1.165, 1.54) is 16.2 Å². The number of nitrogens with one attached hydrogen (secondary N) is 1. The number of fused-ring (bicyclic) bond motifs is 1. The fraction of sp³-hybridized carbons (Fsp3) is 0.400. The Balaban J connectivity index is 1.55. The molecule has 3 aromatic rings. The smallest absolute Gasteiger partial charge is 0.230 e. The number of thiophene rings is 1. The van der Waals surface area contributed by atoms with Gasteiger partial charge in [-0.2, -0.15) is 0 Å². The number of benzene rings is 1. The van der Waals surface area contributed by atoms with Gasteiger partial charge in [-0.3, -0.25) is 19.5 Å². The van der Waals surface area contributed by atoms with Crippen molar-refractivity contribution in [3.63, 3.8) is 0 Å². The summed E-state index contributed by atoms with van der Waals surface area (Å²) in [6.07, 6.45) is 0.986. The lowest BCUT2D eigenvalue weighted by molar-refractivity contribution is -0.138. The van der Waals surface area contributed by atoms with Crippen LogP contribution in [0.1, 0.15) is 30.2 Å². The summed E-state index contributed by atoms with van der Waals surface area (Å²) >= 11 is 7.95. The monoisotopic (exact) mass is 501 g/mol. The predicted molar refractivity (Wildman–Crippen MR) is 131 cm³/mol. The zero-order valence-corrected chi connectivity index (χ0v) is 20.5. The molecule has 9 heteroatoms. The molecule has 2 aromatic heterocycles. The Morgan fingerprint density at radius 1 is 1.24 bits per heavy atom. The number of aromatic nitrogens is 1. The van der Waals surface area contributed by atoms with E-state index < -0.39 is 6.17 Å². The van der Waals surface area contributed by atoms with Crippen LogP contribution < -0.4 is 10.1 Å². The summed E-state index contributed by atoms with van der Waals surface area (Å²) in [5.41, 5.74) is 3.36. The zero-order chi connectivity index (χ0) is 24.0. The summed E-state index contributed by atoms with van der Waals surface area (Å²) in [7, 11) is 0. The normalized spacial score (nSPS) is 21.6. The first-order chi connectivity index (χ1) is 16.3. The lowest BCUT2D eigenvalue weighted by atomic mass is 9.99. The molecule has 6 nitrogen and oxygen atoms in total. The molecule has 2 saturated heterocycles. The molecule has 2 aliphatic rings. The van der Waals surface area contributed by atoms with E-state index >= 15 is 0 Å². The van der Waals surface area contributed by atoms with Gasteiger partial charge < -0.3 is 10.1 Å². The number of aryl methyl sites for hydroxylation is 1. The molecule has 178 valence electrons. The van der Waals surface area contributed by atoms with Crippen molar-refractivity contribution in [3.05, 3.63) is 45.9 Å². The van der Waals surface area contributed by atoms with Crippen LogP contribution in [0.4, 0.5) is 4.39 Å². The van der Waals surface area contributed by atoms with Crippen LogP contribution >= 0.6 is 22.9 Å². The number of carbonyl (C=O) groups is 2. The van der Waals surface area contributed by atoms with Crippen LogP contribution in [0.15, 0.2) is 30.5 Å². The van der Waals surface area contributed by atoms with Gasteiger partial charge in [0.2, 0.25) is 11.8 Å². The van der Waals surface area contributed by atoms with E-state index in [0.717, 1.165) is 31.8 Å². The average molecular weight is 502 g/mol. The van der Waals surface area contributed by atoms with E-state index in [9.17, 15) is 14.0 Å². The highest BCUT2D eigenvalue weighted by atomic mass is 35.5. The zero-order valence-electron chi connectivity index (χ0n) is 18.9. The van der Waals surface area contributed by atoms with Crippen molar-refractivity contribution in [2.24, 2.45) is 5.92 Å². The molecule has 1 aromatic carbocycles. The van der Waals surface area contributed by atoms with Crippen LogP contribution in [0.25, 0.3) is 21.3 Å². The number of likely N-dealkylation sites (tertiary alicyclic amines) is 1. The third-order valence-corrected chi connectivity index (χ3v) is 7.88. The standard InChI is InChI=1S/C25H25ClFN3O3S/c1-13-7-15(26)8-18(24(13)33-21-11-28-10-19(21)14(2)27)17-5-6-29-20-9-16(34-25(17)20)12-30-22(31)3-4-23(30)32/h5-9,14,19,21,28H,3-4,10-12H2,1-2H3/t14?,19-,21-/m1/s1. The number of rotatable bonds is 6. The second-order valence-corrected chi connectivity index (χ2v) is 10.5. The number of halogens is 2. The van der Waals surface area contributed by atoms with E-state index in [2.05, 4.69) is 10.3 Å². The number of imide groups is 1. The van der Waals surface area contributed by atoms with E-state index in [-0.39, 0.29) is 43.2 Å². The highest BCUT2D eigenvalue weighted by Gasteiger charge is 2.34. The van der Waals surface area contributed by atoms with Crippen LogP contribution in [0.5, 0.6) is 5.75 Å². The summed E-state index contributed by atoms with van der Waals surface area (Å²) in [5.74, 6) is 0.164. The number of hydrogen-bond donors (Lipinski definition) is 1. The number of amides is 2. The first-order valence-electron chi connectivity index (χ1n) is 11.3. The van der Waals surface area contributed by atoms with Gasteiger partial charge in [-0.05, 0) is 43.7 Å². The van der Waals surface area contributed by atoms with Crippen molar-refractivity contribution in [2.45, 2.75) is 45.5 Å². The van der Waals surface area contributed by atoms with Gasteiger partial charge in [0.25, 0.3) is 0 Å². The van der Waals surface area contributed by atoms with Crippen molar-refractivity contribution in [1.29, 1.82) is 0 Å². The maximum Gasteiger partial charge on any atom is 0.230 e. The maximum atomic E-state index is 14.2. The van der Waals surface area contributed by atoms with Gasteiger partial charge in [0.1, 0.15) is 18.0 Å². The Morgan fingerprint density at radius 2 is 2.00 bits per heavy atom. The number of pyridine rings is 1. The van der Waals surface area contributed by atoms with Crippen LogP contribution in [0.2, 0.25) is 5.02 Å². The third-order valence-electron chi connectivity index (χ3n) is 6.52. The Labute approximate surface area is 206 Å². The second-order valence-electron chi connectivity index (χ2n) is 8.91. The second kappa shape index (κ2) is 9.24. The minimum absolute atomic E-state index is 0.140. The molecule has 0 bridgehead atoms. The lowest BCUT2D eigenvalue weighted by Gasteiger charge is -2.24. The number of nitrogens with zero attached hydrogens (tertiary/aromatic N) is 2. The molecule has 0 saturated carbocycles. The molecule has 4 heterocycles. The molecule has 3 atom stereocenters. The minimum Gasteiger partial charge on any atom is -0.488 e. The van der Waals surface area contributed by atoms with Gasteiger partial charge in [-0.1, -0.05) is 11.6 Å². The van der Waals surface area contributed by atoms with Crippen LogP contribution in [0.3, 0.4) is 0 Å². The molecule has 5 rings (SSSR count). The molecule has 2 fully saturated rings. The van der Waals surface area contributed by atoms with Crippen LogP contribution in [-0.4, -0.2) is 47.1 Å². The molecule has 34 heavy (non-hydrogen) atoms. The number of carbonyl (C=O) groups excluding carboxylic acids is 2. The number of alkyl halides is 1. The molecule has 0 aliphatic carbocycles. The van der Waals surface area contributed by atoms with Gasteiger partial charge in [0.05, 0.1) is 16.8 Å². The van der Waals surface area contributed by atoms with Crippen LogP contribution in [-0.2, 0) is 16.1 Å². The lowest BCUT2D eigenvalue weighted by Crippen LogP contribution is -2.31. The highest BCUT2D eigenvalue weighted by molar-refractivity contribution is 7.19. The average Bonchev–Trinajstić information content (AvgIpc) is 3.50. The number of hydrogen-bond acceptors (Lipinski definition) is 6. The number of ether oxygens (including phenoxy) is 1. The van der Waals surface area contributed by atoms with Crippen molar-refractivity contribution in [1.82, 2.24) is 15.2 Å². The Kier molecular flexibility index (Phi) is 6.31. The van der Waals surface area contributed by atoms with Crippen molar-refractivity contribution in [3.8, 4) is 16.9 Å². The first kappa shape index (κ1) is 23.2. The summed E-state index contributed by atoms with van der Waals surface area (Å²) < 4.78 is 21.5. The SMILES string of the molecule is Cc1cc(Cl)cc(-c2ccnc3cc(CN4C(=O)CCC4=O)sc23)c1O[C@@H]1CNC[C@@H]1C(C)F. The molecular weight excluding hydrogens is 477 g/mol. The molecule has 1 N–H and O–H groups in total. The fourth-order valence-electron chi connectivity index (χ4n) is 4.73. The van der Waals surface area contributed by atoms with Crippen molar-refractivity contribution >= 4 is 45.0 Å². The van der Waals surface area contributed by atoms with E-state index in [4.69, 9.17) is 16.3 Å². The quantitative estimate of drug-likeness (QED) is 0.486. The molecule has 1 unspecified atom stereocenters. The van der Waals surface area contributed by atoms with Gasteiger partial charge in [-0.25, -0.2) is 4.39 Å². The van der Waals surface area contributed by atoms with Crippen LogP contribution in [0, 0.1) is 12.8 Å². The molecule has 0 spiro atoms. The first-order valence-corrected chi connectivity index (χ1v) is 12.5. The summed E-state index contributed by atoms with van der Waals surface area (Å²) in [6.45, 7) is 4.90. The summed E-state index contributed by atoms with van der Waals surface area (Å²) in [6, 6.07) is 7.54. The van der Waals surface area contributed by atoms with Crippen molar-refractivity contribution < 1.29 is 18.7 Å². The van der Waals surface area contributed by atoms with Gasteiger partial charge in [0.15, 0.2) is 0 Å². The Morgan fingerprint density at radius 3 is 2.74 bits per heavy atom. The maximum absolute atomic E-state index is 14.2. The van der Waals surface area contributed by atoms with E-state index in [1.807, 2.05) is 31.2 Å². The van der Waals surface area contributed by atoms with Gasteiger partial charge in [-0.15, -0.1) is 11.3 Å². The Bertz CT molecular complexity index is 1260. The largest absolute Gasteiger partial charge is 0.488 e. The summed E-state index contributed by atoms with van der Waals surface area (Å²) in [5, 5.41) is 3.81. The van der Waals surface area contributed by atoms with E-state index in [1.54, 1.807) is 13.1 Å². The minimum atomic E-state index is -0.987. The Hall–Kier alpha value is -2.55. The molecule has 2 amide bonds. The van der Waals surface area contributed by atoms with Gasteiger partial charge >= 0.3 is 0 Å². The predicted octanol–water partition coefficient (Wildman–Crippen LogP) is 4.90.